The molecule has 96 valence electrons. The fourth-order valence-corrected chi connectivity index (χ4v) is 1.14. The van der Waals surface area contributed by atoms with Crippen LogP contribution in [0.25, 0.3) is 0 Å². The van der Waals surface area contributed by atoms with Crippen LogP contribution in [0, 0.1) is 0 Å². The van der Waals surface area contributed by atoms with Crippen molar-refractivity contribution >= 4 is 11.9 Å². The minimum atomic E-state index is -0.663. The summed E-state index contributed by atoms with van der Waals surface area (Å²) in [6, 6.07) is 4.75. The maximum Gasteiger partial charge on any atom is 0.331 e. The maximum atomic E-state index is 11.3. The van der Waals surface area contributed by atoms with Crippen LogP contribution in [0.5, 0.6) is 0 Å². The summed E-state index contributed by atoms with van der Waals surface area (Å²) >= 11 is 0. The molecule has 0 atom stereocenters. The smallest absolute Gasteiger partial charge is 0.331 e. The Bertz CT molecular complexity index is 503. The minimum absolute atomic E-state index is 0.0499. The van der Waals surface area contributed by atoms with Crippen molar-refractivity contribution in [2.45, 2.75) is 6.54 Å². The number of ether oxygens (including phenoxy) is 2. The molecule has 6 heteroatoms. The van der Waals surface area contributed by atoms with Crippen LogP contribution in [0.3, 0.4) is 0 Å². The SMILES string of the molecule is COC(=O)C=CC(=O)OCCn1ccccc1=O. The van der Waals surface area contributed by atoms with E-state index in [0.717, 1.165) is 12.2 Å². The highest BCUT2D eigenvalue weighted by atomic mass is 16.5. The molecule has 1 rings (SSSR count). The van der Waals surface area contributed by atoms with Gasteiger partial charge in [-0.1, -0.05) is 6.07 Å². The van der Waals surface area contributed by atoms with Gasteiger partial charge in [0, 0.05) is 24.4 Å². The fraction of sp³-hybridized carbons (Fsp3) is 0.250. The molecule has 0 aromatic carbocycles. The normalized spacial score (nSPS) is 10.3. The molecule has 0 aliphatic rings. The van der Waals surface area contributed by atoms with E-state index in [-0.39, 0.29) is 18.7 Å². The summed E-state index contributed by atoms with van der Waals surface area (Å²) in [7, 11) is 1.21. The largest absolute Gasteiger partial charge is 0.466 e. The standard InChI is InChI=1S/C12H13NO5/c1-17-11(15)5-6-12(16)18-9-8-13-7-3-2-4-10(13)14/h2-7H,8-9H2,1H3. The Balaban J connectivity index is 2.36. The summed E-state index contributed by atoms with van der Waals surface area (Å²) in [6.45, 7) is 0.311. The van der Waals surface area contributed by atoms with Crippen molar-refractivity contribution in [3.05, 3.63) is 46.9 Å². The van der Waals surface area contributed by atoms with Gasteiger partial charge in [-0.25, -0.2) is 9.59 Å². The Morgan fingerprint density at radius 2 is 2.00 bits per heavy atom. The highest BCUT2D eigenvalue weighted by Gasteiger charge is 2.00. The van der Waals surface area contributed by atoms with E-state index in [9.17, 15) is 14.4 Å². The second kappa shape index (κ2) is 7.05. The number of esters is 2. The number of nitrogens with zero attached hydrogens (tertiary/aromatic N) is 1. The van der Waals surface area contributed by atoms with Gasteiger partial charge >= 0.3 is 11.9 Å². The van der Waals surface area contributed by atoms with Crippen molar-refractivity contribution in [2.75, 3.05) is 13.7 Å². The number of rotatable bonds is 5. The quantitative estimate of drug-likeness (QED) is 0.549. The minimum Gasteiger partial charge on any atom is -0.466 e. The summed E-state index contributed by atoms with van der Waals surface area (Å²) in [5, 5.41) is 0. The Labute approximate surface area is 103 Å². The Morgan fingerprint density at radius 3 is 2.67 bits per heavy atom. The van der Waals surface area contributed by atoms with Crippen LogP contribution in [0.2, 0.25) is 0 Å². The Hall–Kier alpha value is -2.37. The molecule has 1 heterocycles. The molecule has 1 aromatic heterocycles. The van der Waals surface area contributed by atoms with Crippen molar-refractivity contribution in [1.82, 2.24) is 4.57 Å². The highest BCUT2D eigenvalue weighted by molar-refractivity contribution is 5.91. The average Bonchev–Trinajstić information content (AvgIpc) is 2.38. The molecule has 0 fully saturated rings. The summed E-state index contributed by atoms with van der Waals surface area (Å²) < 4.78 is 10.5. The van der Waals surface area contributed by atoms with Gasteiger partial charge in [0.25, 0.3) is 5.56 Å². The van der Waals surface area contributed by atoms with E-state index >= 15 is 0 Å². The van der Waals surface area contributed by atoms with Crippen molar-refractivity contribution in [2.24, 2.45) is 0 Å². The van der Waals surface area contributed by atoms with Crippen LogP contribution in [0.15, 0.2) is 41.3 Å². The number of methoxy groups -OCH3 is 1. The third-order valence-electron chi connectivity index (χ3n) is 2.03. The average molecular weight is 251 g/mol. The van der Waals surface area contributed by atoms with Crippen LogP contribution >= 0.6 is 0 Å². The highest BCUT2D eigenvalue weighted by Crippen LogP contribution is 1.87. The van der Waals surface area contributed by atoms with Gasteiger partial charge < -0.3 is 14.0 Å². The molecule has 0 unspecified atom stereocenters. The number of carbonyl (C=O) groups excluding carboxylic acids is 2. The van der Waals surface area contributed by atoms with Gasteiger partial charge in [0.1, 0.15) is 6.61 Å². The number of hydrogen-bond donors (Lipinski definition) is 0. The lowest BCUT2D eigenvalue weighted by Crippen LogP contribution is -2.21. The summed E-state index contributed by atoms with van der Waals surface area (Å²) in [5.74, 6) is -1.30. The second-order valence-corrected chi connectivity index (χ2v) is 3.26. The topological polar surface area (TPSA) is 74.6 Å². The second-order valence-electron chi connectivity index (χ2n) is 3.26. The molecule has 0 N–H and O–H groups in total. The predicted octanol–water partition coefficient (Wildman–Crippen LogP) is 0.121. The summed E-state index contributed by atoms with van der Waals surface area (Å²) in [5.41, 5.74) is -0.168. The Morgan fingerprint density at radius 1 is 1.28 bits per heavy atom. The molecule has 0 aliphatic heterocycles. The maximum absolute atomic E-state index is 11.3. The lowest BCUT2D eigenvalue weighted by molar-refractivity contribution is -0.139. The van der Waals surface area contributed by atoms with Crippen LogP contribution in [-0.4, -0.2) is 30.2 Å². The van der Waals surface area contributed by atoms with Crippen LogP contribution in [-0.2, 0) is 25.6 Å². The van der Waals surface area contributed by atoms with Crippen molar-refractivity contribution in [1.29, 1.82) is 0 Å². The first-order chi connectivity index (χ1) is 8.63. The summed E-state index contributed by atoms with van der Waals surface area (Å²) in [6.07, 6.45) is 3.54. The predicted molar refractivity (Wildman–Crippen MR) is 62.8 cm³/mol. The third kappa shape index (κ3) is 4.65. The zero-order valence-corrected chi connectivity index (χ0v) is 9.87. The van der Waals surface area contributed by atoms with Gasteiger partial charge in [-0.05, 0) is 6.07 Å². The fourth-order valence-electron chi connectivity index (χ4n) is 1.14. The molecule has 0 bridgehead atoms. The lowest BCUT2D eigenvalue weighted by atomic mass is 10.4. The molecule has 0 radical (unpaired) electrons. The number of aromatic nitrogens is 1. The van der Waals surface area contributed by atoms with Crippen LogP contribution < -0.4 is 5.56 Å². The lowest BCUT2D eigenvalue weighted by Gasteiger charge is -2.04. The molecule has 0 aliphatic carbocycles. The van der Waals surface area contributed by atoms with E-state index in [1.54, 1.807) is 18.3 Å². The van der Waals surface area contributed by atoms with Gasteiger partial charge in [0.2, 0.25) is 0 Å². The molecule has 0 saturated carbocycles. The molecule has 1 aromatic rings. The third-order valence-corrected chi connectivity index (χ3v) is 2.03. The first-order valence-corrected chi connectivity index (χ1v) is 5.21. The number of pyridine rings is 1. The molecule has 0 amide bonds. The van der Waals surface area contributed by atoms with Gasteiger partial charge in [-0.2, -0.15) is 0 Å². The van der Waals surface area contributed by atoms with Gasteiger partial charge in [0.05, 0.1) is 13.7 Å². The van der Waals surface area contributed by atoms with E-state index in [1.807, 2.05) is 0 Å². The van der Waals surface area contributed by atoms with E-state index < -0.39 is 11.9 Å². The number of carbonyl (C=O) groups is 2. The first-order valence-electron chi connectivity index (χ1n) is 5.21. The zero-order chi connectivity index (χ0) is 13.4. The zero-order valence-electron chi connectivity index (χ0n) is 9.87. The molecular formula is C12H13NO5. The van der Waals surface area contributed by atoms with Gasteiger partial charge in [0.15, 0.2) is 0 Å². The monoisotopic (exact) mass is 251 g/mol. The van der Waals surface area contributed by atoms with E-state index in [2.05, 4.69) is 4.74 Å². The van der Waals surface area contributed by atoms with Crippen molar-refractivity contribution < 1.29 is 19.1 Å². The van der Waals surface area contributed by atoms with Crippen LogP contribution in [0.4, 0.5) is 0 Å². The molecule has 0 spiro atoms. The molecular weight excluding hydrogens is 238 g/mol. The van der Waals surface area contributed by atoms with E-state index in [0.29, 0.717) is 0 Å². The molecule has 6 nitrogen and oxygen atoms in total. The van der Waals surface area contributed by atoms with Crippen LogP contribution in [0.1, 0.15) is 0 Å². The van der Waals surface area contributed by atoms with Crippen molar-refractivity contribution in [3.8, 4) is 0 Å². The Kier molecular flexibility index (Phi) is 5.37. The molecule has 0 saturated heterocycles. The summed E-state index contributed by atoms with van der Waals surface area (Å²) in [4.78, 5) is 33.1. The number of hydrogen-bond acceptors (Lipinski definition) is 5. The van der Waals surface area contributed by atoms with E-state index in [1.165, 1.54) is 17.7 Å². The van der Waals surface area contributed by atoms with Gasteiger partial charge in [-0.3, -0.25) is 4.79 Å². The van der Waals surface area contributed by atoms with Crippen molar-refractivity contribution in [3.63, 3.8) is 0 Å². The van der Waals surface area contributed by atoms with E-state index in [4.69, 9.17) is 4.74 Å². The van der Waals surface area contributed by atoms with Gasteiger partial charge in [-0.15, -0.1) is 0 Å². The first kappa shape index (κ1) is 13.7. The molecule has 18 heavy (non-hydrogen) atoms.